The standard InChI is InChI=1S/C34H34ClFN10O2/c1-3-46(29-9-8-27-32(39-29)31(41-40-27)25-17-37-28(35)16-26(25)36)34(48)24-10-13-44(18-24)19-30(47)45-14-11-22(12-15-45)21-4-6-23(7-5-21)33-38-20-43(2)42-33/h4-9,11,16-17,20,24H,3,10,12-15,18-19H2,1-2H3,(H,40,41)/t24-/m1/s1. The number of halogens is 2. The first-order valence-electron chi connectivity index (χ1n) is 15.9. The van der Waals surface area contributed by atoms with Crippen molar-refractivity contribution < 1.29 is 14.0 Å². The largest absolute Gasteiger partial charge is 0.338 e. The summed E-state index contributed by atoms with van der Waals surface area (Å²) in [6.45, 7) is 4.92. The van der Waals surface area contributed by atoms with E-state index < -0.39 is 5.82 Å². The summed E-state index contributed by atoms with van der Waals surface area (Å²) in [7, 11) is 1.84. The number of likely N-dealkylation sites (tertiary alicyclic amines) is 1. The SMILES string of the molecule is CCN(C(=O)[C@@H]1CCN(CC(=O)N2CC=C(c3ccc(-c4ncn(C)n4)cc3)CC2)C1)c1ccc2[nH]nc(-c3cnc(Cl)cc3F)c2n1. The molecule has 48 heavy (non-hydrogen) atoms. The first-order valence-corrected chi connectivity index (χ1v) is 16.3. The van der Waals surface area contributed by atoms with E-state index in [1.807, 2.05) is 31.0 Å². The maximum Gasteiger partial charge on any atom is 0.237 e. The summed E-state index contributed by atoms with van der Waals surface area (Å²) in [5.41, 5.74) is 4.80. The van der Waals surface area contributed by atoms with E-state index in [-0.39, 0.29) is 35.0 Å². The van der Waals surface area contributed by atoms with Crippen LogP contribution in [0.3, 0.4) is 0 Å². The second kappa shape index (κ2) is 13.2. The molecule has 0 saturated carbocycles. The van der Waals surface area contributed by atoms with Gasteiger partial charge in [0, 0.05) is 51.1 Å². The number of amides is 2. The number of H-pyrrole nitrogens is 1. The highest BCUT2D eigenvalue weighted by Gasteiger charge is 2.34. The molecule has 0 radical (unpaired) electrons. The van der Waals surface area contributed by atoms with Gasteiger partial charge in [-0.05, 0) is 49.6 Å². The van der Waals surface area contributed by atoms with Gasteiger partial charge in [-0.3, -0.25) is 29.2 Å². The maximum absolute atomic E-state index is 14.7. The number of nitrogens with zero attached hydrogens (tertiary/aromatic N) is 9. The summed E-state index contributed by atoms with van der Waals surface area (Å²) >= 11 is 5.83. The molecular formula is C34H34ClFN10O2. The lowest BCUT2D eigenvalue weighted by Gasteiger charge is -2.29. The van der Waals surface area contributed by atoms with Gasteiger partial charge in [-0.1, -0.05) is 41.9 Å². The number of aromatic amines is 1. The van der Waals surface area contributed by atoms with E-state index in [1.54, 1.807) is 28.0 Å². The molecule has 0 aliphatic carbocycles. The number of benzene rings is 1. The summed E-state index contributed by atoms with van der Waals surface area (Å²) in [5, 5.41) is 11.5. The number of anilines is 1. The summed E-state index contributed by atoms with van der Waals surface area (Å²) in [6.07, 6.45) is 6.55. The van der Waals surface area contributed by atoms with Gasteiger partial charge in [-0.25, -0.2) is 19.3 Å². The van der Waals surface area contributed by atoms with E-state index in [0.29, 0.717) is 67.5 Å². The first-order chi connectivity index (χ1) is 23.3. The second-order valence-corrected chi connectivity index (χ2v) is 12.5. The Morgan fingerprint density at radius 3 is 2.62 bits per heavy atom. The monoisotopic (exact) mass is 668 g/mol. The minimum atomic E-state index is -0.564. The van der Waals surface area contributed by atoms with E-state index in [0.717, 1.165) is 23.6 Å². The van der Waals surface area contributed by atoms with Gasteiger partial charge >= 0.3 is 0 Å². The molecule has 2 amide bonds. The van der Waals surface area contributed by atoms with Crippen LogP contribution in [0.15, 0.2) is 61.1 Å². The van der Waals surface area contributed by atoms with Crippen LogP contribution in [0.1, 0.15) is 25.3 Å². The van der Waals surface area contributed by atoms with Gasteiger partial charge in [-0.2, -0.15) is 10.2 Å². The van der Waals surface area contributed by atoms with Crippen molar-refractivity contribution >= 4 is 45.8 Å². The number of aryl methyl sites for hydroxylation is 1. The topological polar surface area (TPSA) is 129 Å². The summed E-state index contributed by atoms with van der Waals surface area (Å²) < 4.78 is 16.4. The number of nitrogens with one attached hydrogen (secondary N) is 1. The molecule has 5 aromatic rings. The first kappa shape index (κ1) is 31.6. The highest BCUT2D eigenvalue weighted by atomic mass is 35.5. The molecule has 14 heteroatoms. The molecule has 1 saturated heterocycles. The van der Waals surface area contributed by atoms with Crippen LogP contribution in [-0.2, 0) is 16.6 Å². The number of rotatable bonds is 8. The number of aromatic nitrogens is 7. The molecule has 0 spiro atoms. The Balaban J connectivity index is 0.963. The normalized spacial score (nSPS) is 16.8. The van der Waals surface area contributed by atoms with Crippen molar-refractivity contribution in [3.63, 3.8) is 0 Å². The molecule has 0 bridgehead atoms. The van der Waals surface area contributed by atoms with Crippen molar-refractivity contribution in [2.45, 2.75) is 19.8 Å². The molecule has 4 aromatic heterocycles. The third kappa shape index (κ3) is 6.30. The fourth-order valence-corrected chi connectivity index (χ4v) is 6.54. The Bertz CT molecular complexity index is 2020. The predicted octanol–water partition coefficient (Wildman–Crippen LogP) is 4.60. The fraction of sp³-hybridized carbons (Fsp3) is 0.324. The Hall–Kier alpha value is -5.01. The van der Waals surface area contributed by atoms with Crippen molar-refractivity contribution in [3.8, 4) is 22.6 Å². The number of hydrogen-bond donors (Lipinski definition) is 1. The molecule has 2 aliphatic heterocycles. The van der Waals surface area contributed by atoms with Gasteiger partial charge in [0.1, 0.15) is 34.3 Å². The Morgan fingerprint density at radius 1 is 1.10 bits per heavy atom. The van der Waals surface area contributed by atoms with Gasteiger partial charge in [0.05, 0.1) is 23.5 Å². The molecule has 2 aliphatic rings. The molecule has 1 fully saturated rings. The van der Waals surface area contributed by atoms with Gasteiger partial charge in [0.15, 0.2) is 5.82 Å². The number of carbonyl (C=O) groups is 2. The molecule has 1 atom stereocenters. The number of fused-ring (bicyclic) bond motifs is 1. The Morgan fingerprint density at radius 2 is 1.92 bits per heavy atom. The average molecular weight is 669 g/mol. The predicted molar refractivity (Wildman–Crippen MR) is 180 cm³/mol. The Labute approximate surface area is 281 Å². The van der Waals surface area contributed by atoms with Crippen LogP contribution in [0.25, 0.3) is 39.3 Å². The third-order valence-electron chi connectivity index (χ3n) is 8.98. The minimum Gasteiger partial charge on any atom is -0.338 e. The van der Waals surface area contributed by atoms with Crippen LogP contribution in [0.2, 0.25) is 5.15 Å². The quantitative estimate of drug-likeness (QED) is 0.238. The highest BCUT2D eigenvalue weighted by molar-refractivity contribution is 6.29. The third-order valence-corrected chi connectivity index (χ3v) is 9.19. The van der Waals surface area contributed by atoms with E-state index >= 15 is 0 Å². The van der Waals surface area contributed by atoms with Gasteiger partial charge in [-0.15, -0.1) is 0 Å². The van der Waals surface area contributed by atoms with Crippen molar-refractivity contribution in [3.05, 3.63) is 77.6 Å². The summed E-state index contributed by atoms with van der Waals surface area (Å²) in [4.78, 5) is 45.6. The zero-order chi connectivity index (χ0) is 33.4. The molecule has 0 unspecified atom stereocenters. The van der Waals surface area contributed by atoms with Crippen LogP contribution >= 0.6 is 11.6 Å². The molecule has 7 rings (SSSR count). The van der Waals surface area contributed by atoms with Crippen LogP contribution in [-0.4, -0.2) is 95.8 Å². The van der Waals surface area contributed by atoms with Gasteiger partial charge < -0.3 is 4.90 Å². The second-order valence-electron chi connectivity index (χ2n) is 12.1. The lowest BCUT2D eigenvalue weighted by Crippen LogP contribution is -2.42. The molecular weight excluding hydrogens is 635 g/mol. The minimum absolute atomic E-state index is 0.0410. The van der Waals surface area contributed by atoms with Crippen molar-refractivity contribution in [1.29, 1.82) is 0 Å². The lowest BCUT2D eigenvalue weighted by molar-refractivity contribution is -0.132. The van der Waals surface area contributed by atoms with Crippen LogP contribution in [0.4, 0.5) is 10.2 Å². The molecule has 1 N–H and O–H groups in total. The van der Waals surface area contributed by atoms with Crippen molar-refractivity contribution in [2.75, 3.05) is 44.2 Å². The Kier molecular flexibility index (Phi) is 8.71. The van der Waals surface area contributed by atoms with Crippen molar-refractivity contribution in [2.24, 2.45) is 13.0 Å². The van der Waals surface area contributed by atoms with Crippen molar-refractivity contribution in [1.82, 2.24) is 44.7 Å². The summed E-state index contributed by atoms with van der Waals surface area (Å²) in [6, 6.07) is 12.9. The zero-order valence-corrected chi connectivity index (χ0v) is 27.4. The smallest absolute Gasteiger partial charge is 0.237 e. The molecule has 246 valence electrons. The zero-order valence-electron chi connectivity index (χ0n) is 26.6. The summed E-state index contributed by atoms with van der Waals surface area (Å²) in [5.74, 6) is 0.316. The molecule has 12 nitrogen and oxygen atoms in total. The van der Waals surface area contributed by atoms with E-state index in [9.17, 15) is 14.0 Å². The van der Waals surface area contributed by atoms with E-state index in [1.165, 1.54) is 11.8 Å². The number of carbonyl (C=O) groups excluding carboxylic acids is 2. The molecule has 1 aromatic carbocycles. The number of pyridine rings is 2. The fourth-order valence-electron chi connectivity index (χ4n) is 6.39. The van der Waals surface area contributed by atoms with E-state index in [2.05, 4.69) is 48.4 Å². The highest BCUT2D eigenvalue weighted by Crippen LogP contribution is 2.31. The van der Waals surface area contributed by atoms with Gasteiger partial charge in [0.2, 0.25) is 11.8 Å². The van der Waals surface area contributed by atoms with Crippen LogP contribution in [0, 0.1) is 11.7 Å². The average Bonchev–Trinajstić information content (AvgIpc) is 3.85. The van der Waals surface area contributed by atoms with Crippen LogP contribution < -0.4 is 4.90 Å². The number of hydrogen-bond acceptors (Lipinski definition) is 8. The van der Waals surface area contributed by atoms with E-state index in [4.69, 9.17) is 16.6 Å². The maximum atomic E-state index is 14.7. The lowest BCUT2D eigenvalue weighted by atomic mass is 9.98. The molecule has 6 heterocycles. The van der Waals surface area contributed by atoms with Gasteiger partial charge in [0.25, 0.3) is 0 Å². The van der Waals surface area contributed by atoms with Crippen LogP contribution in [0.5, 0.6) is 0 Å².